The second-order valence-corrected chi connectivity index (χ2v) is 8.97. The number of hydrogen-bond acceptors (Lipinski definition) is 6. The van der Waals surface area contributed by atoms with Crippen molar-refractivity contribution in [2.24, 2.45) is 5.92 Å². The maximum Gasteiger partial charge on any atom is 0.279 e. The fourth-order valence-electron chi connectivity index (χ4n) is 3.12. The van der Waals surface area contributed by atoms with Gasteiger partial charge < -0.3 is 4.74 Å². The van der Waals surface area contributed by atoms with E-state index >= 15 is 0 Å². The van der Waals surface area contributed by atoms with E-state index in [1.165, 1.54) is 47.9 Å². The Morgan fingerprint density at radius 2 is 1.87 bits per heavy atom. The van der Waals surface area contributed by atoms with Crippen LogP contribution in [0, 0.1) is 11.7 Å². The van der Waals surface area contributed by atoms with E-state index < -0.39 is 39.7 Å². The second-order valence-electron chi connectivity index (χ2n) is 7.04. The molecule has 1 unspecified atom stereocenters. The topological polar surface area (TPSA) is 118 Å². The molecule has 2 aromatic rings. The van der Waals surface area contributed by atoms with Crippen LogP contribution in [0.3, 0.4) is 0 Å². The Morgan fingerprint density at radius 1 is 1.16 bits per heavy atom. The molecule has 1 aliphatic heterocycles. The first-order valence-corrected chi connectivity index (χ1v) is 11.1. The van der Waals surface area contributed by atoms with Gasteiger partial charge in [-0.3, -0.25) is 25.4 Å². The lowest BCUT2D eigenvalue weighted by Gasteiger charge is -2.30. The third kappa shape index (κ3) is 5.56. The highest BCUT2D eigenvalue weighted by Crippen LogP contribution is 2.23. The molecule has 2 amide bonds. The average molecular weight is 450 g/mol. The fourth-order valence-corrected chi connectivity index (χ4v) is 4.55. The van der Waals surface area contributed by atoms with E-state index in [-0.39, 0.29) is 23.7 Å². The van der Waals surface area contributed by atoms with Crippen LogP contribution in [0.25, 0.3) is 0 Å². The molecule has 0 aliphatic carbocycles. The van der Waals surface area contributed by atoms with Gasteiger partial charge in [0, 0.05) is 31.4 Å². The van der Waals surface area contributed by atoms with Crippen LogP contribution in [0.15, 0.2) is 53.7 Å². The summed E-state index contributed by atoms with van der Waals surface area (Å²) in [4.78, 5) is 28.4. The molecule has 0 bridgehead atoms. The molecule has 1 aromatic carbocycles. The van der Waals surface area contributed by atoms with Gasteiger partial charge in [-0.05, 0) is 44.0 Å². The molecule has 1 fully saturated rings. The molecule has 1 aliphatic rings. The van der Waals surface area contributed by atoms with Crippen LogP contribution < -0.4 is 15.6 Å². The van der Waals surface area contributed by atoms with Crippen LogP contribution in [-0.2, 0) is 19.6 Å². The first-order valence-electron chi connectivity index (χ1n) is 9.70. The first-order chi connectivity index (χ1) is 14.8. The number of aromatic nitrogens is 1. The summed E-state index contributed by atoms with van der Waals surface area (Å²) in [6.07, 6.45) is 2.36. The van der Waals surface area contributed by atoms with Crippen LogP contribution in [0.5, 0.6) is 5.75 Å². The zero-order valence-corrected chi connectivity index (χ0v) is 17.6. The maximum atomic E-state index is 13.6. The van der Waals surface area contributed by atoms with E-state index in [9.17, 15) is 22.4 Å². The normalized spacial score (nSPS) is 16.3. The molecule has 2 heterocycles. The number of ether oxygens (including phenoxy) is 1. The Labute approximate surface area is 179 Å². The van der Waals surface area contributed by atoms with Crippen molar-refractivity contribution in [3.63, 3.8) is 0 Å². The van der Waals surface area contributed by atoms with Gasteiger partial charge in [0.05, 0.1) is 0 Å². The highest BCUT2D eigenvalue weighted by molar-refractivity contribution is 7.89. The molecule has 9 nitrogen and oxygen atoms in total. The summed E-state index contributed by atoms with van der Waals surface area (Å²) in [7, 11) is -3.66. The third-order valence-corrected chi connectivity index (χ3v) is 6.80. The molecular formula is C20H23FN4O5S. The summed E-state index contributed by atoms with van der Waals surface area (Å²) in [6.45, 7) is 1.78. The average Bonchev–Trinajstić information content (AvgIpc) is 2.79. The van der Waals surface area contributed by atoms with Crippen LogP contribution in [0.1, 0.15) is 19.8 Å². The number of sulfonamides is 1. The number of nitrogens with zero attached hydrogens (tertiary/aromatic N) is 2. The number of hydrogen-bond donors (Lipinski definition) is 2. The van der Waals surface area contributed by atoms with Crippen molar-refractivity contribution in [1.82, 2.24) is 20.1 Å². The minimum atomic E-state index is -3.66. The number of nitrogens with one attached hydrogen (secondary N) is 2. The molecule has 2 N–H and O–H groups in total. The highest BCUT2D eigenvalue weighted by atomic mass is 32.2. The largest absolute Gasteiger partial charge is 0.478 e. The molecule has 31 heavy (non-hydrogen) atoms. The predicted octanol–water partition coefficient (Wildman–Crippen LogP) is 1.24. The number of amides is 2. The Hall–Kier alpha value is -3.05. The molecule has 0 saturated carbocycles. The van der Waals surface area contributed by atoms with Gasteiger partial charge in [0.1, 0.15) is 4.90 Å². The summed E-state index contributed by atoms with van der Waals surface area (Å²) in [6, 6.07) is 8.70. The van der Waals surface area contributed by atoms with Crippen molar-refractivity contribution in [1.29, 1.82) is 0 Å². The number of piperidine rings is 1. The van der Waals surface area contributed by atoms with Crippen molar-refractivity contribution in [2.45, 2.75) is 30.8 Å². The van der Waals surface area contributed by atoms with Gasteiger partial charge >= 0.3 is 0 Å². The molecule has 166 valence electrons. The molecule has 1 saturated heterocycles. The summed E-state index contributed by atoms with van der Waals surface area (Å²) in [5.41, 5.74) is 4.59. The Morgan fingerprint density at radius 3 is 2.52 bits per heavy atom. The highest BCUT2D eigenvalue weighted by Gasteiger charge is 2.32. The number of benzene rings is 1. The summed E-state index contributed by atoms with van der Waals surface area (Å²) >= 11 is 0. The van der Waals surface area contributed by atoms with Gasteiger partial charge in [0.2, 0.25) is 15.9 Å². The zero-order chi connectivity index (χ0) is 22.4. The molecule has 0 spiro atoms. The van der Waals surface area contributed by atoms with E-state index in [1.807, 2.05) is 0 Å². The fraction of sp³-hybridized carbons (Fsp3) is 0.350. The van der Waals surface area contributed by atoms with Gasteiger partial charge in [-0.15, -0.1) is 0 Å². The van der Waals surface area contributed by atoms with Crippen molar-refractivity contribution in [2.75, 3.05) is 13.1 Å². The Kier molecular flexibility index (Phi) is 7.18. The zero-order valence-electron chi connectivity index (χ0n) is 16.8. The summed E-state index contributed by atoms with van der Waals surface area (Å²) in [5.74, 6) is -2.20. The SMILES string of the molecule is CC(Oc1ccccc1F)C(=O)NNC(=O)C1CCN(S(=O)(=O)c2cccnc2)CC1. The molecule has 1 aromatic heterocycles. The summed E-state index contributed by atoms with van der Waals surface area (Å²) in [5, 5.41) is 0. The quantitative estimate of drug-likeness (QED) is 0.640. The minimum Gasteiger partial charge on any atom is -0.478 e. The monoisotopic (exact) mass is 450 g/mol. The number of carbonyl (C=O) groups excluding carboxylic acids is 2. The molecule has 0 radical (unpaired) electrons. The van der Waals surface area contributed by atoms with Gasteiger partial charge in [0.15, 0.2) is 17.7 Å². The van der Waals surface area contributed by atoms with E-state index in [2.05, 4.69) is 15.8 Å². The molecule has 3 rings (SSSR count). The number of halogens is 1. The van der Waals surface area contributed by atoms with E-state index in [1.54, 1.807) is 12.1 Å². The van der Waals surface area contributed by atoms with E-state index in [4.69, 9.17) is 4.74 Å². The van der Waals surface area contributed by atoms with Gasteiger partial charge in [-0.2, -0.15) is 4.31 Å². The molecule has 1 atom stereocenters. The van der Waals surface area contributed by atoms with Crippen LogP contribution in [0.2, 0.25) is 0 Å². The Bertz CT molecular complexity index is 1030. The first kappa shape index (κ1) is 22.6. The van der Waals surface area contributed by atoms with Crippen LogP contribution >= 0.6 is 0 Å². The minimum absolute atomic E-state index is 0.0707. The standard InChI is InChI=1S/C20H23FN4O5S/c1-14(30-18-7-3-2-6-17(18)21)19(26)23-24-20(27)15-8-11-25(12-9-15)31(28,29)16-5-4-10-22-13-16/h2-7,10,13-15H,8-9,11-12H2,1H3,(H,23,26)(H,24,27). The van der Waals surface area contributed by atoms with Crippen molar-refractivity contribution in [3.05, 3.63) is 54.6 Å². The lowest BCUT2D eigenvalue weighted by Crippen LogP contribution is -2.51. The van der Waals surface area contributed by atoms with Crippen LogP contribution in [0.4, 0.5) is 4.39 Å². The lowest BCUT2D eigenvalue weighted by atomic mass is 9.98. The van der Waals surface area contributed by atoms with Crippen molar-refractivity contribution in [3.8, 4) is 5.75 Å². The van der Waals surface area contributed by atoms with Crippen molar-refractivity contribution >= 4 is 21.8 Å². The Balaban J connectivity index is 1.47. The third-order valence-electron chi connectivity index (χ3n) is 4.92. The smallest absolute Gasteiger partial charge is 0.279 e. The lowest BCUT2D eigenvalue weighted by molar-refractivity contribution is -0.134. The molecule has 11 heteroatoms. The van der Waals surface area contributed by atoms with Gasteiger partial charge in [-0.25, -0.2) is 12.8 Å². The van der Waals surface area contributed by atoms with Crippen molar-refractivity contribution < 1.29 is 27.1 Å². The number of para-hydroxylation sites is 1. The number of pyridine rings is 1. The summed E-state index contributed by atoms with van der Waals surface area (Å²) < 4.78 is 45.4. The molecular weight excluding hydrogens is 427 g/mol. The van der Waals surface area contributed by atoms with Crippen LogP contribution in [-0.4, -0.2) is 48.7 Å². The maximum absolute atomic E-state index is 13.6. The number of carbonyl (C=O) groups is 2. The number of rotatable bonds is 6. The van der Waals surface area contributed by atoms with E-state index in [0.717, 1.165) is 0 Å². The predicted molar refractivity (Wildman–Crippen MR) is 108 cm³/mol. The van der Waals surface area contributed by atoms with E-state index in [0.29, 0.717) is 12.8 Å². The van der Waals surface area contributed by atoms with Gasteiger partial charge in [0.25, 0.3) is 5.91 Å². The number of hydrazine groups is 1. The van der Waals surface area contributed by atoms with Gasteiger partial charge in [-0.1, -0.05) is 12.1 Å². The second kappa shape index (κ2) is 9.84.